The number of aromatic nitrogens is 3. The molecule has 0 aliphatic rings. The van der Waals surface area contributed by atoms with Crippen LogP contribution in [0.2, 0.25) is 0 Å². The van der Waals surface area contributed by atoms with E-state index in [-0.39, 0.29) is 0 Å². The van der Waals surface area contributed by atoms with Crippen LogP contribution in [0, 0.1) is 6.92 Å². The molecule has 0 aliphatic heterocycles. The molecule has 2 aromatic rings. The molecule has 2 aromatic heterocycles. The smallest absolute Gasteiger partial charge is 0.157 e. The Bertz CT molecular complexity index is 422. The summed E-state index contributed by atoms with van der Waals surface area (Å²) in [6, 6.07) is 3.82. The Kier molecular flexibility index (Phi) is 2.14. The summed E-state index contributed by atoms with van der Waals surface area (Å²) in [6.07, 6.45) is 3.54. The van der Waals surface area contributed by atoms with Crippen LogP contribution in [0.5, 0.6) is 0 Å². The summed E-state index contributed by atoms with van der Waals surface area (Å²) in [4.78, 5) is 11.5. The third-order valence-corrected chi connectivity index (χ3v) is 2.33. The number of H-pyrrole nitrogens is 1. The molecule has 0 unspecified atom stereocenters. The van der Waals surface area contributed by atoms with E-state index in [0.29, 0.717) is 0 Å². The van der Waals surface area contributed by atoms with Crippen LogP contribution in [0.1, 0.15) is 5.69 Å². The van der Waals surface area contributed by atoms with E-state index >= 15 is 0 Å². The fourth-order valence-electron chi connectivity index (χ4n) is 1.09. The zero-order chi connectivity index (χ0) is 9.26. The molecule has 0 saturated carbocycles. The van der Waals surface area contributed by atoms with Crippen LogP contribution in [-0.2, 0) is 0 Å². The Balaban J connectivity index is 2.52. The molecular weight excluding hydrogens is 230 g/mol. The molecule has 66 valence electrons. The fourth-order valence-corrected chi connectivity index (χ4v) is 1.54. The molecule has 4 heteroatoms. The van der Waals surface area contributed by atoms with E-state index in [2.05, 4.69) is 30.9 Å². The van der Waals surface area contributed by atoms with Crippen LogP contribution in [0.25, 0.3) is 11.5 Å². The molecule has 0 saturated heterocycles. The van der Waals surface area contributed by atoms with Crippen LogP contribution >= 0.6 is 15.9 Å². The van der Waals surface area contributed by atoms with Gasteiger partial charge in [-0.3, -0.25) is 4.98 Å². The molecule has 0 spiro atoms. The molecule has 0 bridgehead atoms. The predicted molar refractivity (Wildman–Crippen MR) is 54.3 cm³/mol. The molecule has 0 amide bonds. The summed E-state index contributed by atoms with van der Waals surface area (Å²) < 4.78 is 0.948. The van der Waals surface area contributed by atoms with Crippen molar-refractivity contribution >= 4 is 15.9 Å². The Morgan fingerprint density at radius 2 is 2.23 bits per heavy atom. The molecule has 3 nitrogen and oxygen atoms in total. The van der Waals surface area contributed by atoms with E-state index in [1.54, 1.807) is 12.4 Å². The van der Waals surface area contributed by atoms with Crippen LogP contribution in [0.3, 0.4) is 0 Å². The van der Waals surface area contributed by atoms with E-state index in [9.17, 15) is 0 Å². The Morgan fingerprint density at radius 3 is 2.85 bits per heavy atom. The van der Waals surface area contributed by atoms with E-state index in [1.165, 1.54) is 0 Å². The number of halogens is 1. The Hall–Kier alpha value is -1.16. The van der Waals surface area contributed by atoms with E-state index < -0.39 is 0 Å². The van der Waals surface area contributed by atoms with Gasteiger partial charge in [0.25, 0.3) is 0 Å². The standard InChI is InChI=1S/C9H8BrN3/c1-6-5-12-9(13-6)8-7(10)3-2-4-11-8/h2-5H,1H3,(H,12,13). The highest BCUT2D eigenvalue weighted by Gasteiger charge is 2.05. The lowest BCUT2D eigenvalue weighted by Crippen LogP contribution is -1.86. The average Bonchev–Trinajstić information content (AvgIpc) is 2.53. The number of rotatable bonds is 1. The lowest BCUT2D eigenvalue weighted by Gasteiger charge is -1.97. The number of nitrogens with zero attached hydrogens (tertiary/aromatic N) is 2. The highest BCUT2D eigenvalue weighted by atomic mass is 79.9. The van der Waals surface area contributed by atoms with Gasteiger partial charge in [0.2, 0.25) is 0 Å². The number of imidazole rings is 1. The minimum absolute atomic E-state index is 0.796. The van der Waals surface area contributed by atoms with Crippen molar-refractivity contribution in [2.45, 2.75) is 6.92 Å². The Labute approximate surface area is 84.4 Å². The van der Waals surface area contributed by atoms with Crippen molar-refractivity contribution in [3.8, 4) is 11.5 Å². The second-order valence-electron chi connectivity index (χ2n) is 2.75. The predicted octanol–water partition coefficient (Wildman–Crippen LogP) is 2.54. The third kappa shape index (κ3) is 1.62. The van der Waals surface area contributed by atoms with Gasteiger partial charge in [-0.1, -0.05) is 0 Å². The number of aryl methyl sites for hydroxylation is 1. The minimum Gasteiger partial charge on any atom is -0.341 e. The summed E-state index contributed by atoms with van der Waals surface area (Å²) in [5.41, 5.74) is 1.88. The van der Waals surface area contributed by atoms with Crippen molar-refractivity contribution < 1.29 is 0 Å². The van der Waals surface area contributed by atoms with Gasteiger partial charge in [-0.25, -0.2) is 4.98 Å². The molecule has 13 heavy (non-hydrogen) atoms. The van der Waals surface area contributed by atoms with Gasteiger partial charge >= 0.3 is 0 Å². The van der Waals surface area contributed by atoms with Crippen LogP contribution in [-0.4, -0.2) is 15.0 Å². The number of aromatic amines is 1. The highest BCUT2D eigenvalue weighted by Crippen LogP contribution is 2.22. The number of nitrogens with one attached hydrogen (secondary N) is 1. The number of pyridine rings is 1. The average molecular weight is 238 g/mol. The first kappa shape index (κ1) is 8.44. The molecule has 0 aliphatic carbocycles. The zero-order valence-corrected chi connectivity index (χ0v) is 8.67. The maximum absolute atomic E-state index is 4.22. The summed E-state index contributed by atoms with van der Waals surface area (Å²) >= 11 is 3.42. The first-order valence-corrected chi connectivity index (χ1v) is 4.69. The summed E-state index contributed by atoms with van der Waals surface area (Å²) in [5, 5.41) is 0. The fraction of sp³-hybridized carbons (Fsp3) is 0.111. The minimum atomic E-state index is 0.796. The topological polar surface area (TPSA) is 41.6 Å². The van der Waals surface area contributed by atoms with Gasteiger partial charge in [0.1, 0.15) is 5.69 Å². The lowest BCUT2D eigenvalue weighted by molar-refractivity contribution is 1.19. The number of hydrogen-bond acceptors (Lipinski definition) is 2. The Morgan fingerprint density at radius 1 is 1.38 bits per heavy atom. The van der Waals surface area contributed by atoms with Crippen LogP contribution in [0.15, 0.2) is 29.0 Å². The van der Waals surface area contributed by atoms with Crippen molar-refractivity contribution in [1.29, 1.82) is 0 Å². The SMILES string of the molecule is Cc1cnc(-c2ncccc2Br)[nH]1. The van der Waals surface area contributed by atoms with Gasteiger partial charge < -0.3 is 4.98 Å². The van der Waals surface area contributed by atoms with Crippen molar-refractivity contribution in [3.05, 3.63) is 34.7 Å². The van der Waals surface area contributed by atoms with Gasteiger partial charge in [-0.05, 0) is 35.0 Å². The zero-order valence-electron chi connectivity index (χ0n) is 7.08. The molecular formula is C9H8BrN3. The van der Waals surface area contributed by atoms with Gasteiger partial charge in [0.05, 0.1) is 0 Å². The largest absolute Gasteiger partial charge is 0.341 e. The molecule has 0 atom stereocenters. The normalized spacial score (nSPS) is 10.3. The molecule has 2 heterocycles. The van der Waals surface area contributed by atoms with Crippen molar-refractivity contribution in [2.24, 2.45) is 0 Å². The summed E-state index contributed by atoms with van der Waals surface area (Å²) in [5.74, 6) is 0.796. The molecule has 0 fully saturated rings. The second-order valence-corrected chi connectivity index (χ2v) is 3.60. The van der Waals surface area contributed by atoms with E-state index in [1.807, 2.05) is 19.1 Å². The van der Waals surface area contributed by atoms with Crippen molar-refractivity contribution in [2.75, 3.05) is 0 Å². The summed E-state index contributed by atoms with van der Waals surface area (Å²) in [7, 11) is 0. The van der Waals surface area contributed by atoms with Gasteiger partial charge in [0.15, 0.2) is 5.82 Å². The highest BCUT2D eigenvalue weighted by molar-refractivity contribution is 9.10. The molecule has 2 rings (SSSR count). The lowest BCUT2D eigenvalue weighted by atomic mass is 10.3. The van der Waals surface area contributed by atoms with Crippen LogP contribution in [0.4, 0.5) is 0 Å². The maximum Gasteiger partial charge on any atom is 0.157 e. The van der Waals surface area contributed by atoms with Crippen molar-refractivity contribution in [1.82, 2.24) is 15.0 Å². The van der Waals surface area contributed by atoms with Crippen LogP contribution < -0.4 is 0 Å². The number of hydrogen-bond donors (Lipinski definition) is 1. The third-order valence-electron chi connectivity index (χ3n) is 1.69. The maximum atomic E-state index is 4.22. The monoisotopic (exact) mass is 237 g/mol. The first-order chi connectivity index (χ1) is 6.27. The quantitative estimate of drug-likeness (QED) is 0.829. The van der Waals surface area contributed by atoms with Gasteiger partial charge in [-0.15, -0.1) is 0 Å². The van der Waals surface area contributed by atoms with E-state index in [4.69, 9.17) is 0 Å². The van der Waals surface area contributed by atoms with Gasteiger partial charge in [-0.2, -0.15) is 0 Å². The molecule has 1 N–H and O–H groups in total. The molecule has 0 aromatic carbocycles. The first-order valence-electron chi connectivity index (χ1n) is 3.90. The second kappa shape index (κ2) is 3.30. The van der Waals surface area contributed by atoms with Gasteiger partial charge in [0, 0.05) is 22.6 Å². The molecule has 0 radical (unpaired) electrons. The van der Waals surface area contributed by atoms with Crippen molar-refractivity contribution in [3.63, 3.8) is 0 Å². The summed E-state index contributed by atoms with van der Waals surface area (Å²) in [6.45, 7) is 1.97. The van der Waals surface area contributed by atoms with E-state index in [0.717, 1.165) is 21.7 Å².